The molecule has 0 saturated carbocycles. The van der Waals surface area contributed by atoms with Crippen LogP contribution in [0.3, 0.4) is 0 Å². The smallest absolute Gasteiger partial charge is 0.143 e. The molecule has 9 heterocycles. The summed E-state index contributed by atoms with van der Waals surface area (Å²) >= 11 is 5.70. The van der Waals surface area contributed by atoms with Gasteiger partial charge in [-0.2, -0.15) is 0 Å². The van der Waals surface area contributed by atoms with Crippen LogP contribution >= 0.6 is 34.0 Å². The van der Waals surface area contributed by atoms with E-state index in [1.54, 1.807) is 0 Å². The number of hydrogen-bond acceptors (Lipinski definition) is 6. The van der Waals surface area contributed by atoms with Gasteiger partial charge in [0.1, 0.15) is 33.5 Å². The number of benzene rings is 19. The van der Waals surface area contributed by atoms with Crippen LogP contribution in [0.2, 0.25) is 0 Å². The predicted octanol–water partition coefficient (Wildman–Crippen LogP) is 34.5. The molecule has 6 nitrogen and oxygen atoms in total. The van der Waals surface area contributed by atoms with Gasteiger partial charge >= 0.3 is 0 Å². The minimum Gasteiger partial charge on any atom is -0.456 e. The van der Waals surface area contributed by atoms with Crippen LogP contribution in [0.4, 0.5) is 0 Å². The first kappa shape index (κ1) is 71.2. The van der Waals surface area contributed by atoms with Gasteiger partial charge in [-0.25, -0.2) is 0 Å². The van der Waals surface area contributed by atoms with Crippen LogP contribution in [-0.2, 0) is 5.41 Å². The van der Waals surface area contributed by atoms with Crippen molar-refractivity contribution in [1.82, 2.24) is 13.7 Å². The summed E-state index contributed by atoms with van der Waals surface area (Å²) in [4.78, 5) is 0. The maximum atomic E-state index is 6.32. The van der Waals surface area contributed by atoms with Gasteiger partial charge in [0.2, 0.25) is 0 Å². The summed E-state index contributed by atoms with van der Waals surface area (Å²) in [5, 5.41) is 22.9. The Morgan fingerprint density at radius 2 is 0.540 bits per heavy atom. The molecule has 0 fully saturated rings. The Labute approximate surface area is 733 Å². The number of fused-ring (bicyclic) bond motifs is 33. The van der Waals surface area contributed by atoms with Crippen molar-refractivity contribution in [1.29, 1.82) is 0 Å². The average molecular weight is 1660 g/mol. The first-order valence-electron chi connectivity index (χ1n) is 43.0. The third-order valence-electron chi connectivity index (χ3n) is 26.8. The number of para-hydroxylation sites is 7. The zero-order valence-corrected chi connectivity index (χ0v) is 70.8. The van der Waals surface area contributed by atoms with Crippen molar-refractivity contribution in [2.24, 2.45) is 0 Å². The second-order valence-electron chi connectivity index (χ2n) is 34.0. The van der Waals surface area contributed by atoms with Crippen molar-refractivity contribution >= 4 is 226 Å². The van der Waals surface area contributed by atoms with Gasteiger partial charge in [0, 0.05) is 153 Å². The van der Waals surface area contributed by atoms with Crippen molar-refractivity contribution in [3.63, 3.8) is 0 Å². The molecule has 0 aliphatic heterocycles. The average Bonchev–Trinajstić information content (AvgIpc) is 1.56. The molecule has 9 aromatic heterocycles. The molecule has 1 aliphatic rings. The molecule has 0 amide bonds. The van der Waals surface area contributed by atoms with Crippen LogP contribution in [0.5, 0.6) is 0 Å². The van der Waals surface area contributed by atoms with Gasteiger partial charge in [0.05, 0.1) is 33.1 Å². The summed E-state index contributed by atoms with van der Waals surface area (Å²) in [6.45, 7) is 4.76. The number of thiophene rings is 3. The van der Waals surface area contributed by atoms with Crippen molar-refractivity contribution in [3.05, 3.63) is 405 Å². The van der Waals surface area contributed by atoms with Gasteiger partial charge in [-0.1, -0.05) is 269 Å². The fourth-order valence-corrected chi connectivity index (χ4v) is 24.7. The molecule has 590 valence electrons. The van der Waals surface area contributed by atoms with E-state index >= 15 is 0 Å². The van der Waals surface area contributed by atoms with E-state index in [1.807, 2.05) is 70.4 Å². The van der Waals surface area contributed by atoms with Gasteiger partial charge < -0.3 is 27.0 Å². The minimum absolute atomic E-state index is 0.152. The standard InChI is InChI=1S/C45H29NOS.2C36H21NOS/c1-45(2)36-24-27(26-16-22-41-35(23-26)31-9-4-7-13-40(31)47-41)15-18-29(36)30-19-17-28(25-37(30)45)46-38-12-6-3-11-34(38)43-39(46)21-20-33-32-10-5-8-14-42(32)48-44(33)43;1-4-13-30-29(10-1)34-31(21-20-28-26-9-3-6-15-33(26)39-36(28)34)37(30)23-18-16-22(17-19-23)24-11-7-12-27-25-8-2-5-14-32(25)38-35(24)27;1-4-10-30-28(9-1)35-31(19-18-27-26-8-3-6-12-34(26)39-36(27)35)37(30)24-16-13-22(14-17-24)23-15-20-33-29(21-23)25-7-2-5-11-32(25)38-33/h3-25H,1-2H3;2*1-21H. The fourth-order valence-electron chi connectivity index (χ4n) is 21.0. The van der Waals surface area contributed by atoms with Crippen LogP contribution in [-0.4, -0.2) is 13.7 Å². The lowest BCUT2D eigenvalue weighted by Crippen LogP contribution is -2.15. The van der Waals surface area contributed by atoms with Crippen LogP contribution in [0.25, 0.3) is 253 Å². The minimum atomic E-state index is -0.152. The lowest BCUT2D eigenvalue weighted by atomic mass is 9.81. The van der Waals surface area contributed by atoms with E-state index in [-0.39, 0.29) is 5.41 Å². The maximum absolute atomic E-state index is 6.32. The second-order valence-corrected chi connectivity index (χ2v) is 37.1. The molecule has 29 rings (SSSR count). The monoisotopic (exact) mass is 1660 g/mol. The van der Waals surface area contributed by atoms with Crippen molar-refractivity contribution in [3.8, 4) is 61.6 Å². The number of nitrogens with zero attached hydrogens (tertiary/aromatic N) is 3. The molecule has 0 bridgehead atoms. The van der Waals surface area contributed by atoms with E-state index in [4.69, 9.17) is 13.3 Å². The van der Waals surface area contributed by atoms with Crippen LogP contribution in [0.15, 0.2) is 408 Å². The molecule has 0 saturated heterocycles. The highest BCUT2D eigenvalue weighted by molar-refractivity contribution is 7.27. The zero-order chi connectivity index (χ0) is 82.7. The highest BCUT2D eigenvalue weighted by atomic mass is 32.1. The summed E-state index contributed by atoms with van der Waals surface area (Å²) in [5.74, 6) is 0. The molecule has 0 atom stereocenters. The van der Waals surface area contributed by atoms with Crippen molar-refractivity contribution < 1.29 is 13.3 Å². The Bertz CT molecular complexity index is 9470. The Balaban J connectivity index is 0.0000000990. The van der Waals surface area contributed by atoms with Crippen LogP contribution in [0, 0.1) is 0 Å². The molecule has 28 aromatic rings. The third-order valence-corrected chi connectivity index (χ3v) is 30.5. The van der Waals surface area contributed by atoms with E-state index in [0.717, 1.165) is 82.6 Å². The Morgan fingerprint density at radius 3 is 1.02 bits per heavy atom. The number of aromatic nitrogens is 3. The maximum Gasteiger partial charge on any atom is 0.143 e. The largest absolute Gasteiger partial charge is 0.456 e. The second kappa shape index (κ2) is 27.3. The molecule has 0 radical (unpaired) electrons. The molecular formula is C117H71N3O3S3. The molecule has 1 aliphatic carbocycles. The quantitative estimate of drug-likeness (QED) is 0.167. The number of furan rings is 3. The third kappa shape index (κ3) is 10.6. The molecule has 126 heavy (non-hydrogen) atoms. The van der Waals surface area contributed by atoms with Gasteiger partial charge in [-0.3, -0.25) is 0 Å². The zero-order valence-electron chi connectivity index (χ0n) is 68.3. The van der Waals surface area contributed by atoms with Gasteiger partial charge in [0.15, 0.2) is 0 Å². The topological polar surface area (TPSA) is 54.2 Å². The van der Waals surface area contributed by atoms with Crippen molar-refractivity contribution in [2.45, 2.75) is 19.3 Å². The number of hydrogen-bond donors (Lipinski definition) is 0. The first-order valence-corrected chi connectivity index (χ1v) is 45.4. The normalized spacial score (nSPS) is 12.7. The highest BCUT2D eigenvalue weighted by Crippen LogP contribution is 2.54. The van der Waals surface area contributed by atoms with E-state index in [9.17, 15) is 0 Å². The van der Waals surface area contributed by atoms with Gasteiger partial charge in [-0.05, 0) is 190 Å². The van der Waals surface area contributed by atoms with E-state index in [2.05, 4.69) is 385 Å². The molecule has 0 N–H and O–H groups in total. The van der Waals surface area contributed by atoms with Gasteiger partial charge in [-0.15, -0.1) is 34.0 Å². The first-order chi connectivity index (χ1) is 62.2. The van der Waals surface area contributed by atoms with Crippen molar-refractivity contribution in [2.75, 3.05) is 0 Å². The van der Waals surface area contributed by atoms with Gasteiger partial charge in [0.25, 0.3) is 0 Å². The summed E-state index contributed by atoms with van der Waals surface area (Å²) in [7, 11) is 0. The Kier molecular flexibility index (Phi) is 15.4. The summed E-state index contributed by atoms with van der Waals surface area (Å²) in [6.07, 6.45) is 0. The summed E-state index contributed by atoms with van der Waals surface area (Å²) in [5.41, 5.74) is 28.9. The SMILES string of the molecule is CC1(C)c2cc(-c3ccc4oc5ccccc5c4c3)ccc2-c2ccc(-n3c4ccccc4c4c5sc6ccccc6c5ccc43)cc21.c1ccc2c(c1)oc1c(-c3ccc(-n4c5ccccc5c5c6sc7ccccc7c6ccc54)cc3)cccc12.c1ccc2c(c1)oc1ccc(-c3ccc(-n4c5ccccc5c5c6sc7ccccc7c6ccc54)cc3)cc12. The lowest BCUT2D eigenvalue weighted by molar-refractivity contribution is 0.660. The fraction of sp³-hybridized carbons (Fsp3) is 0.0256. The van der Waals surface area contributed by atoms with Crippen LogP contribution in [0.1, 0.15) is 25.0 Å². The summed E-state index contributed by atoms with van der Waals surface area (Å²) in [6, 6.07) is 143. The van der Waals surface area contributed by atoms with Crippen LogP contribution < -0.4 is 0 Å². The summed E-state index contributed by atoms with van der Waals surface area (Å²) < 4.78 is 33.9. The number of rotatable bonds is 6. The molecule has 19 aromatic carbocycles. The van der Waals surface area contributed by atoms with E-state index in [1.165, 1.54) is 182 Å². The highest BCUT2D eigenvalue weighted by Gasteiger charge is 2.37. The predicted molar refractivity (Wildman–Crippen MR) is 537 cm³/mol. The Morgan fingerprint density at radius 1 is 0.206 bits per heavy atom. The molecular weight excluding hydrogens is 1590 g/mol. The lowest BCUT2D eigenvalue weighted by Gasteiger charge is -2.23. The Hall–Kier alpha value is -15.4. The molecule has 0 unspecified atom stereocenters. The molecule has 0 spiro atoms. The molecule has 9 heteroatoms. The van der Waals surface area contributed by atoms with E-state index < -0.39 is 0 Å². The van der Waals surface area contributed by atoms with E-state index in [0.29, 0.717) is 0 Å².